The van der Waals surface area contributed by atoms with Crippen LogP contribution in [-0.2, 0) is 6.54 Å². The van der Waals surface area contributed by atoms with Gasteiger partial charge in [0.15, 0.2) is 0 Å². The first kappa shape index (κ1) is 13.4. The second kappa shape index (κ2) is 5.29. The highest BCUT2D eigenvalue weighted by atomic mass is 35.5. The molecule has 0 fully saturated rings. The normalized spacial score (nSPS) is 13.4. The molecule has 0 spiro atoms. The summed E-state index contributed by atoms with van der Waals surface area (Å²) in [5, 5.41) is 0.716. The van der Waals surface area contributed by atoms with E-state index >= 15 is 0 Å². The average molecular weight is 266 g/mol. The maximum atomic E-state index is 6.16. The van der Waals surface area contributed by atoms with Crippen LogP contribution < -0.4 is 5.73 Å². The Morgan fingerprint density at radius 1 is 1.39 bits per heavy atom. The molecule has 4 heteroatoms. The molecule has 1 atom stereocenters. The van der Waals surface area contributed by atoms with Crippen molar-refractivity contribution in [3.63, 3.8) is 0 Å². The molecular formula is C14H20ClN3. The predicted octanol–water partition coefficient (Wildman–Crippen LogP) is 3.76. The van der Waals surface area contributed by atoms with Gasteiger partial charge in [0.05, 0.1) is 17.1 Å². The first-order valence-electron chi connectivity index (χ1n) is 6.44. The van der Waals surface area contributed by atoms with Gasteiger partial charge in [-0.1, -0.05) is 32.4 Å². The molecule has 0 radical (unpaired) electrons. The zero-order chi connectivity index (χ0) is 13.3. The van der Waals surface area contributed by atoms with Crippen LogP contribution in [0.15, 0.2) is 18.2 Å². The number of nitrogens with zero attached hydrogens (tertiary/aromatic N) is 2. The summed E-state index contributed by atoms with van der Waals surface area (Å²) in [5.41, 5.74) is 8.21. The molecule has 3 nitrogen and oxygen atoms in total. The van der Waals surface area contributed by atoms with Crippen molar-refractivity contribution >= 4 is 22.6 Å². The van der Waals surface area contributed by atoms with E-state index in [-0.39, 0.29) is 6.04 Å². The minimum absolute atomic E-state index is 0.0186. The van der Waals surface area contributed by atoms with Gasteiger partial charge >= 0.3 is 0 Å². The van der Waals surface area contributed by atoms with Gasteiger partial charge in [0.25, 0.3) is 0 Å². The van der Waals surface area contributed by atoms with Crippen LogP contribution in [0, 0.1) is 5.92 Å². The Morgan fingerprint density at radius 3 is 2.72 bits per heavy atom. The SMILES string of the molecule is CCC(N)c1nc2cc(Cl)ccc2n1CC(C)C. The van der Waals surface area contributed by atoms with Crippen molar-refractivity contribution in [2.75, 3.05) is 0 Å². The molecule has 1 heterocycles. The molecule has 0 aliphatic heterocycles. The van der Waals surface area contributed by atoms with Crippen molar-refractivity contribution in [1.82, 2.24) is 9.55 Å². The van der Waals surface area contributed by atoms with Crippen LogP contribution >= 0.6 is 11.6 Å². The summed E-state index contributed by atoms with van der Waals surface area (Å²) in [7, 11) is 0. The number of imidazole rings is 1. The second-order valence-corrected chi connectivity index (χ2v) is 5.56. The molecule has 1 aromatic carbocycles. The van der Waals surface area contributed by atoms with Crippen molar-refractivity contribution in [2.45, 2.75) is 39.8 Å². The van der Waals surface area contributed by atoms with Crippen molar-refractivity contribution in [2.24, 2.45) is 11.7 Å². The van der Waals surface area contributed by atoms with E-state index in [1.807, 2.05) is 18.2 Å². The highest BCUT2D eigenvalue weighted by Crippen LogP contribution is 2.25. The van der Waals surface area contributed by atoms with Crippen LogP contribution in [-0.4, -0.2) is 9.55 Å². The predicted molar refractivity (Wildman–Crippen MR) is 76.8 cm³/mol. The summed E-state index contributed by atoms with van der Waals surface area (Å²) in [4.78, 5) is 4.65. The molecule has 0 bridgehead atoms. The van der Waals surface area contributed by atoms with Crippen molar-refractivity contribution in [3.8, 4) is 0 Å². The minimum Gasteiger partial charge on any atom is -0.326 e. The van der Waals surface area contributed by atoms with Crippen LogP contribution in [0.4, 0.5) is 0 Å². The first-order chi connectivity index (χ1) is 8.52. The van der Waals surface area contributed by atoms with Crippen LogP contribution in [0.5, 0.6) is 0 Å². The zero-order valence-corrected chi connectivity index (χ0v) is 11.9. The third-order valence-electron chi connectivity index (χ3n) is 3.06. The number of nitrogens with two attached hydrogens (primary N) is 1. The van der Waals surface area contributed by atoms with E-state index in [0.29, 0.717) is 10.9 Å². The molecule has 0 saturated heterocycles. The number of hydrogen-bond donors (Lipinski definition) is 1. The van der Waals surface area contributed by atoms with E-state index in [2.05, 4.69) is 30.3 Å². The molecule has 18 heavy (non-hydrogen) atoms. The second-order valence-electron chi connectivity index (χ2n) is 5.12. The first-order valence-corrected chi connectivity index (χ1v) is 6.82. The number of hydrogen-bond acceptors (Lipinski definition) is 2. The van der Waals surface area contributed by atoms with Gasteiger partial charge < -0.3 is 10.3 Å². The number of benzene rings is 1. The zero-order valence-electron chi connectivity index (χ0n) is 11.2. The van der Waals surface area contributed by atoms with Crippen molar-refractivity contribution in [3.05, 3.63) is 29.0 Å². The Balaban J connectivity index is 2.60. The standard InChI is InChI=1S/C14H20ClN3/c1-4-11(16)14-17-12-7-10(15)5-6-13(12)18(14)8-9(2)3/h5-7,9,11H,4,8,16H2,1-3H3. The Morgan fingerprint density at radius 2 is 2.11 bits per heavy atom. The number of fused-ring (bicyclic) bond motifs is 1. The van der Waals surface area contributed by atoms with Crippen LogP contribution in [0.25, 0.3) is 11.0 Å². The lowest BCUT2D eigenvalue weighted by Crippen LogP contribution is -2.17. The molecule has 0 amide bonds. The van der Waals surface area contributed by atoms with Gasteiger partial charge in [-0.3, -0.25) is 0 Å². The van der Waals surface area contributed by atoms with E-state index in [4.69, 9.17) is 17.3 Å². The molecule has 98 valence electrons. The van der Waals surface area contributed by atoms with E-state index in [1.54, 1.807) is 0 Å². The highest BCUT2D eigenvalue weighted by Gasteiger charge is 2.16. The summed E-state index contributed by atoms with van der Waals surface area (Å²) in [5.74, 6) is 1.52. The van der Waals surface area contributed by atoms with Gasteiger partial charge in [0, 0.05) is 11.6 Å². The summed E-state index contributed by atoms with van der Waals surface area (Å²) in [6.07, 6.45) is 0.884. The lowest BCUT2D eigenvalue weighted by molar-refractivity contribution is 0.494. The van der Waals surface area contributed by atoms with Gasteiger partial charge in [0.2, 0.25) is 0 Å². The quantitative estimate of drug-likeness (QED) is 0.915. The highest BCUT2D eigenvalue weighted by molar-refractivity contribution is 6.31. The molecule has 2 N–H and O–H groups in total. The Hall–Kier alpha value is -1.06. The Labute approximate surface area is 113 Å². The number of halogens is 1. The minimum atomic E-state index is -0.0186. The molecule has 0 aliphatic rings. The molecule has 1 aromatic heterocycles. The number of rotatable bonds is 4. The summed E-state index contributed by atoms with van der Waals surface area (Å²) < 4.78 is 2.23. The van der Waals surface area contributed by atoms with E-state index in [1.165, 1.54) is 0 Å². The molecule has 1 unspecified atom stereocenters. The van der Waals surface area contributed by atoms with Gasteiger partial charge in [0.1, 0.15) is 5.82 Å². The van der Waals surface area contributed by atoms with E-state index in [9.17, 15) is 0 Å². The fraction of sp³-hybridized carbons (Fsp3) is 0.500. The van der Waals surface area contributed by atoms with Gasteiger partial charge in [-0.2, -0.15) is 0 Å². The van der Waals surface area contributed by atoms with Crippen LogP contribution in [0.3, 0.4) is 0 Å². The Kier molecular flexibility index (Phi) is 3.93. The average Bonchev–Trinajstić information content (AvgIpc) is 2.65. The largest absolute Gasteiger partial charge is 0.326 e. The maximum Gasteiger partial charge on any atom is 0.126 e. The van der Waals surface area contributed by atoms with E-state index < -0.39 is 0 Å². The van der Waals surface area contributed by atoms with Crippen molar-refractivity contribution in [1.29, 1.82) is 0 Å². The molecular weight excluding hydrogens is 246 g/mol. The smallest absolute Gasteiger partial charge is 0.126 e. The Bertz CT molecular complexity index is 545. The molecule has 0 aliphatic carbocycles. The molecule has 2 aromatic rings. The third-order valence-corrected chi connectivity index (χ3v) is 3.29. The molecule has 0 saturated carbocycles. The lowest BCUT2D eigenvalue weighted by atomic mass is 10.2. The van der Waals surface area contributed by atoms with Crippen LogP contribution in [0.2, 0.25) is 5.02 Å². The van der Waals surface area contributed by atoms with Gasteiger partial charge in [-0.25, -0.2) is 4.98 Å². The summed E-state index contributed by atoms with van der Waals surface area (Å²) >= 11 is 6.02. The summed E-state index contributed by atoms with van der Waals surface area (Å²) in [6, 6.07) is 5.82. The third kappa shape index (κ3) is 2.52. The monoisotopic (exact) mass is 265 g/mol. The fourth-order valence-electron chi connectivity index (χ4n) is 2.14. The van der Waals surface area contributed by atoms with E-state index in [0.717, 1.165) is 29.8 Å². The number of aromatic nitrogens is 2. The van der Waals surface area contributed by atoms with Gasteiger partial charge in [-0.15, -0.1) is 0 Å². The van der Waals surface area contributed by atoms with Crippen LogP contribution in [0.1, 0.15) is 39.1 Å². The lowest BCUT2D eigenvalue weighted by Gasteiger charge is -2.15. The fourth-order valence-corrected chi connectivity index (χ4v) is 2.31. The topological polar surface area (TPSA) is 43.8 Å². The van der Waals surface area contributed by atoms with Crippen molar-refractivity contribution < 1.29 is 0 Å². The van der Waals surface area contributed by atoms with Gasteiger partial charge in [-0.05, 0) is 30.5 Å². The summed E-state index contributed by atoms with van der Waals surface area (Å²) in [6.45, 7) is 7.41. The maximum absolute atomic E-state index is 6.16. The molecule has 2 rings (SSSR count).